The molecule has 0 spiro atoms. The summed E-state index contributed by atoms with van der Waals surface area (Å²) in [6.45, 7) is 5.53. The van der Waals surface area contributed by atoms with Crippen molar-refractivity contribution in [2.75, 3.05) is 20.1 Å². The van der Waals surface area contributed by atoms with Gasteiger partial charge in [0.15, 0.2) is 0 Å². The fourth-order valence-electron chi connectivity index (χ4n) is 1.52. The molecule has 0 saturated carbocycles. The van der Waals surface area contributed by atoms with E-state index >= 15 is 0 Å². The molecule has 0 aliphatic rings. The molecule has 0 unspecified atom stereocenters. The van der Waals surface area contributed by atoms with Crippen LogP contribution in [0.4, 0.5) is 0 Å². The summed E-state index contributed by atoms with van der Waals surface area (Å²) in [5, 5.41) is 6.04. The van der Waals surface area contributed by atoms with Gasteiger partial charge in [0, 0.05) is 15.9 Å². The van der Waals surface area contributed by atoms with Gasteiger partial charge in [0.05, 0.1) is 4.75 Å². The van der Waals surface area contributed by atoms with Crippen molar-refractivity contribution in [3.05, 3.63) is 28.7 Å². The Morgan fingerprint density at radius 3 is 2.47 bits per heavy atom. The van der Waals surface area contributed by atoms with Gasteiger partial charge in [0.1, 0.15) is 0 Å². The third kappa shape index (κ3) is 5.97. The summed E-state index contributed by atoms with van der Waals surface area (Å²) < 4.78 is 0.583. The average molecular weight is 345 g/mol. The van der Waals surface area contributed by atoms with E-state index in [2.05, 4.69) is 26.6 Å². The number of benzene rings is 1. The first-order valence-electron chi connectivity index (χ1n) is 6.33. The topological polar surface area (TPSA) is 41.1 Å². The first-order valence-corrected chi connectivity index (χ1v) is 7.94. The van der Waals surface area contributed by atoms with Gasteiger partial charge in [0.2, 0.25) is 5.91 Å². The van der Waals surface area contributed by atoms with Crippen LogP contribution in [0.1, 0.15) is 20.3 Å². The van der Waals surface area contributed by atoms with Crippen LogP contribution in [0.3, 0.4) is 0 Å². The number of rotatable bonds is 7. The third-order valence-electron chi connectivity index (χ3n) is 2.62. The van der Waals surface area contributed by atoms with Crippen molar-refractivity contribution in [3.8, 4) is 0 Å². The van der Waals surface area contributed by atoms with Crippen LogP contribution in [0, 0.1) is 0 Å². The van der Waals surface area contributed by atoms with Gasteiger partial charge in [-0.25, -0.2) is 0 Å². The van der Waals surface area contributed by atoms with Gasteiger partial charge >= 0.3 is 0 Å². The summed E-state index contributed by atoms with van der Waals surface area (Å²) in [4.78, 5) is 13.2. The van der Waals surface area contributed by atoms with Crippen molar-refractivity contribution in [1.82, 2.24) is 10.6 Å². The first kappa shape index (κ1) is 16.5. The third-order valence-corrected chi connectivity index (χ3v) is 4.35. The van der Waals surface area contributed by atoms with E-state index in [4.69, 9.17) is 0 Å². The second-order valence-corrected chi connectivity index (χ2v) is 7.39. The lowest BCUT2D eigenvalue weighted by Crippen LogP contribution is -2.40. The molecular formula is C14H21BrN2OS. The SMILES string of the molecule is CNCCCNC(=O)C(C)(C)Sc1ccc(Br)cc1. The quantitative estimate of drug-likeness (QED) is 0.590. The summed E-state index contributed by atoms with van der Waals surface area (Å²) in [5.74, 6) is 0.0801. The molecule has 0 aromatic heterocycles. The molecule has 106 valence electrons. The highest BCUT2D eigenvalue weighted by Gasteiger charge is 2.28. The lowest BCUT2D eigenvalue weighted by Gasteiger charge is -2.23. The molecule has 0 bridgehead atoms. The van der Waals surface area contributed by atoms with Crippen molar-refractivity contribution in [2.24, 2.45) is 0 Å². The van der Waals surface area contributed by atoms with Gasteiger partial charge in [-0.1, -0.05) is 15.9 Å². The highest BCUT2D eigenvalue weighted by molar-refractivity contribution is 9.10. The number of amides is 1. The minimum Gasteiger partial charge on any atom is -0.355 e. The summed E-state index contributed by atoms with van der Waals surface area (Å²) >= 11 is 4.99. The molecule has 1 aromatic carbocycles. The monoisotopic (exact) mass is 344 g/mol. The van der Waals surface area contributed by atoms with E-state index in [-0.39, 0.29) is 5.91 Å². The smallest absolute Gasteiger partial charge is 0.236 e. The van der Waals surface area contributed by atoms with Gasteiger partial charge in [-0.15, -0.1) is 11.8 Å². The van der Waals surface area contributed by atoms with Gasteiger partial charge in [0.25, 0.3) is 0 Å². The maximum absolute atomic E-state index is 12.1. The summed E-state index contributed by atoms with van der Waals surface area (Å²) in [7, 11) is 1.91. The second kappa shape index (κ2) is 7.92. The second-order valence-electron chi connectivity index (χ2n) is 4.78. The normalized spacial score (nSPS) is 11.4. The number of hydrogen-bond donors (Lipinski definition) is 2. The van der Waals surface area contributed by atoms with Crippen molar-refractivity contribution in [3.63, 3.8) is 0 Å². The molecule has 1 rings (SSSR count). The Bertz CT molecular complexity index is 406. The zero-order valence-corrected chi connectivity index (χ0v) is 14.0. The maximum atomic E-state index is 12.1. The predicted octanol–water partition coefficient (Wildman–Crippen LogP) is 3.05. The highest BCUT2D eigenvalue weighted by Crippen LogP contribution is 2.33. The Kier molecular flexibility index (Phi) is 6.89. The zero-order valence-electron chi connectivity index (χ0n) is 11.6. The molecule has 19 heavy (non-hydrogen) atoms. The van der Waals surface area contributed by atoms with Crippen LogP contribution >= 0.6 is 27.7 Å². The van der Waals surface area contributed by atoms with Gasteiger partial charge in [-0.2, -0.15) is 0 Å². The molecule has 2 N–H and O–H groups in total. The molecule has 0 saturated heterocycles. The van der Waals surface area contributed by atoms with Crippen molar-refractivity contribution in [2.45, 2.75) is 29.9 Å². The van der Waals surface area contributed by atoms with E-state index in [9.17, 15) is 4.79 Å². The minimum atomic E-state index is -0.465. The van der Waals surface area contributed by atoms with Gasteiger partial charge in [-0.3, -0.25) is 4.79 Å². The standard InChI is InChI=1S/C14H21BrN2OS/c1-14(2,13(18)17-10-4-9-16-3)19-12-7-5-11(15)6-8-12/h5-8,16H,4,9-10H2,1-3H3,(H,17,18). The number of hydrogen-bond acceptors (Lipinski definition) is 3. The van der Waals surface area contributed by atoms with Crippen LogP contribution in [-0.4, -0.2) is 30.8 Å². The van der Waals surface area contributed by atoms with Crippen LogP contribution < -0.4 is 10.6 Å². The Hall–Kier alpha value is -0.520. The van der Waals surface area contributed by atoms with Crippen LogP contribution in [0.5, 0.6) is 0 Å². The molecule has 5 heteroatoms. The van der Waals surface area contributed by atoms with Crippen LogP contribution in [0.2, 0.25) is 0 Å². The number of halogens is 1. The first-order chi connectivity index (χ1) is 8.95. The van der Waals surface area contributed by atoms with E-state index in [0.29, 0.717) is 6.54 Å². The summed E-state index contributed by atoms with van der Waals surface area (Å²) in [6, 6.07) is 8.02. The van der Waals surface area contributed by atoms with Crippen molar-refractivity contribution < 1.29 is 4.79 Å². The lowest BCUT2D eigenvalue weighted by atomic mass is 10.2. The fourth-order valence-corrected chi connectivity index (χ4v) is 2.81. The lowest BCUT2D eigenvalue weighted by molar-refractivity contribution is -0.122. The van der Waals surface area contributed by atoms with Crippen molar-refractivity contribution >= 4 is 33.6 Å². The Morgan fingerprint density at radius 1 is 1.26 bits per heavy atom. The Balaban J connectivity index is 2.49. The van der Waals surface area contributed by atoms with E-state index in [0.717, 1.165) is 22.3 Å². The molecule has 0 aliphatic carbocycles. The molecule has 0 fully saturated rings. The molecule has 0 radical (unpaired) electrons. The highest BCUT2D eigenvalue weighted by atomic mass is 79.9. The largest absolute Gasteiger partial charge is 0.355 e. The Labute approximate surface area is 128 Å². The summed E-state index contributed by atoms with van der Waals surface area (Å²) in [6.07, 6.45) is 0.946. The van der Waals surface area contributed by atoms with E-state index in [1.807, 2.05) is 45.2 Å². The zero-order chi connectivity index (χ0) is 14.3. The molecule has 0 aliphatic heterocycles. The molecule has 1 aromatic rings. The van der Waals surface area contributed by atoms with E-state index in [1.165, 1.54) is 0 Å². The fraction of sp³-hybridized carbons (Fsp3) is 0.500. The van der Waals surface area contributed by atoms with Crippen LogP contribution in [0.15, 0.2) is 33.6 Å². The molecule has 3 nitrogen and oxygen atoms in total. The van der Waals surface area contributed by atoms with E-state index in [1.54, 1.807) is 11.8 Å². The number of thioether (sulfide) groups is 1. The van der Waals surface area contributed by atoms with Crippen LogP contribution in [-0.2, 0) is 4.79 Å². The molecule has 1 amide bonds. The van der Waals surface area contributed by atoms with Crippen LogP contribution in [0.25, 0.3) is 0 Å². The Morgan fingerprint density at radius 2 is 1.89 bits per heavy atom. The van der Waals surface area contributed by atoms with E-state index < -0.39 is 4.75 Å². The molecule has 0 heterocycles. The number of nitrogens with one attached hydrogen (secondary N) is 2. The van der Waals surface area contributed by atoms with Gasteiger partial charge < -0.3 is 10.6 Å². The minimum absolute atomic E-state index is 0.0801. The number of carbonyl (C=O) groups excluding carboxylic acids is 1. The predicted molar refractivity (Wildman–Crippen MR) is 85.6 cm³/mol. The summed E-state index contributed by atoms with van der Waals surface area (Å²) in [5.41, 5.74) is 0. The average Bonchev–Trinajstić information content (AvgIpc) is 2.37. The maximum Gasteiger partial charge on any atom is 0.236 e. The van der Waals surface area contributed by atoms with Gasteiger partial charge in [-0.05, 0) is 58.1 Å². The van der Waals surface area contributed by atoms with Crippen molar-refractivity contribution in [1.29, 1.82) is 0 Å². The number of carbonyl (C=O) groups is 1. The molecular weight excluding hydrogens is 324 g/mol. The molecule has 0 atom stereocenters.